The summed E-state index contributed by atoms with van der Waals surface area (Å²) in [4.78, 5) is 10.1. The Balaban J connectivity index is 0.000000220. The monoisotopic (exact) mass is 352 g/mol. The number of rotatable bonds is 5. The SMILES string of the molecule is CC(C)CC[SiH]1CCO[SiH2][SiH2]1.O=C(O)C=Cc1ccccc1. The molecule has 2 rings (SSSR count). The molecule has 1 aromatic rings. The average molecular weight is 353 g/mol. The second kappa shape index (κ2) is 11.6. The normalized spacial score (nSPS) is 20.2. The number of carbonyl (C=O) groups is 1. The van der Waals surface area contributed by atoms with Crippen LogP contribution in [-0.2, 0) is 9.22 Å². The van der Waals surface area contributed by atoms with Gasteiger partial charge in [-0.25, -0.2) is 4.79 Å². The van der Waals surface area contributed by atoms with E-state index in [1.165, 1.54) is 12.5 Å². The zero-order valence-corrected chi connectivity index (χ0v) is 17.7. The highest BCUT2D eigenvalue weighted by Crippen LogP contribution is 2.11. The van der Waals surface area contributed by atoms with E-state index in [0.717, 1.165) is 24.2 Å². The predicted molar refractivity (Wildman–Crippen MR) is 102 cm³/mol. The second-order valence-electron chi connectivity index (χ2n) is 6.11. The predicted octanol–water partition coefficient (Wildman–Crippen LogP) is 1.74. The Morgan fingerprint density at radius 2 is 2.14 bits per heavy atom. The molecule has 0 spiro atoms. The smallest absolute Gasteiger partial charge is 0.328 e. The van der Waals surface area contributed by atoms with E-state index in [1.807, 2.05) is 30.3 Å². The molecule has 1 aliphatic heterocycles. The van der Waals surface area contributed by atoms with E-state index >= 15 is 0 Å². The van der Waals surface area contributed by atoms with Gasteiger partial charge in [0.25, 0.3) is 0 Å². The van der Waals surface area contributed by atoms with Crippen molar-refractivity contribution in [3.8, 4) is 0 Å². The highest BCUT2D eigenvalue weighted by Gasteiger charge is 2.15. The van der Waals surface area contributed by atoms with Gasteiger partial charge in [-0.05, 0) is 23.6 Å². The van der Waals surface area contributed by atoms with Crippen molar-refractivity contribution < 1.29 is 14.3 Å². The first-order chi connectivity index (χ1) is 10.6. The van der Waals surface area contributed by atoms with E-state index in [9.17, 15) is 4.79 Å². The van der Waals surface area contributed by atoms with Gasteiger partial charge in [-0.3, -0.25) is 0 Å². The minimum absolute atomic E-state index is 0.107. The molecule has 1 aliphatic rings. The molecule has 1 unspecified atom stereocenters. The van der Waals surface area contributed by atoms with Crippen LogP contribution in [0.5, 0.6) is 0 Å². The van der Waals surface area contributed by atoms with Crippen LogP contribution in [0.2, 0.25) is 12.1 Å². The van der Waals surface area contributed by atoms with Crippen LogP contribution >= 0.6 is 0 Å². The van der Waals surface area contributed by atoms with Gasteiger partial charge >= 0.3 is 5.97 Å². The highest BCUT2D eigenvalue weighted by molar-refractivity contribution is 7.35. The summed E-state index contributed by atoms with van der Waals surface area (Å²) in [6.07, 6.45) is 4.19. The van der Waals surface area contributed by atoms with Crippen molar-refractivity contribution in [3.05, 3.63) is 42.0 Å². The van der Waals surface area contributed by atoms with Crippen molar-refractivity contribution in [1.29, 1.82) is 0 Å². The number of benzene rings is 1. The van der Waals surface area contributed by atoms with Gasteiger partial charge < -0.3 is 9.53 Å². The molecule has 3 nitrogen and oxygen atoms in total. The molecular formula is C16H28O3Si3. The first-order valence-electron chi connectivity index (χ1n) is 8.11. The standard InChI is InChI=1S/C9H8O2.C7H20OSi3/c10-9(11)7-6-8-4-2-1-3-5-8;1-7(2)3-5-11-6-4-8-9-10-11/h1-7H,(H,10,11);7,11H,3-6,9-10H2,1-2H3. The van der Waals surface area contributed by atoms with Crippen LogP contribution in [0.1, 0.15) is 25.8 Å². The van der Waals surface area contributed by atoms with Gasteiger partial charge in [-0.15, -0.1) is 0 Å². The maximum absolute atomic E-state index is 10.1. The van der Waals surface area contributed by atoms with Crippen molar-refractivity contribution in [2.75, 3.05) is 6.61 Å². The number of aliphatic carboxylic acids is 1. The minimum atomic E-state index is -0.922. The lowest BCUT2D eigenvalue weighted by Gasteiger charge is -2.20. The summed E-state index contributed by atoms with van der Waals surface area (Å²) >= 11 is 0. The van der Waals surface area contributed by atoms with Gasteiger partial charge in [0.2, 0.25) is 0 Å². The quantitative estimate of drug-likeness (QED) is 0.648. The molecule has 0 saturated carbocycles. The molecule has 122 valence electrons. The first kappa shape index (κ1) is 19.1. The van der Waals surface area contributed by atoms with Crippen LogP contribution in [0.3, 0.4) is 0 Å². The van der Waals surface area contributed by atoms with Gasteiger partial charge in [0.15, 0.2) is 0 Å². The Kier molecular flexibility index (Phi) is 10.1. The molecule has 0 bridgehead atoms. The topological polar surface area (TPSA) is 46.5 Å². The summed E-state index contributed by atoms with van der Waals surface area (Å²) in [5, 5.41) is 8.29. The van der Waals surface area contributed by atoms with Gasteiger partial charge in [-0.2, -0.15) is 0 Å². The van der Waals surface area contributed by atoms with E-state index in [4.69, 9.17) is 9.53 Å². The highest BCUT2D eigenvalue weighted by atomic mass is 29.5. The minimum Gasteiger partial charge on any atom is -0.478 e. The van der Waals surface area contributed by atoms with Gasteiger partial charge in [0.1, 0.15) is 9.28 Å². The summed E-state index contributed by atoms with van der Waals surface area (Å²) in [6, 6.07) is 12.5. The lowest BCUT2D eigenvalue weighted by molar-refractivity contribution is -0.131. The number of hydrogen-bond donors (Lipinski definition) is 1. The molecule has 1 N–H and O–H groups in total. The average Bonchev–Trinajstić information content (AvgIpc) is 2.53. The van der Waals surface area contributed by atoms with Gasteiger partial charge in [-0.1, -0.05) is 56.6 Å². The Labute approximate surface area is 139 Å². The zero-order chi connectivity index (χ0) is 16.2. The van der Waals surface area contributed by atoms with E-state index in [1.54, 1.807) is 12.1 Å². The van der Waals surface area contributed by atoms with E-state index in [2.05, 4.69) is 13.8 Å². The molecule has 1 heterocycles. The van der Waals surface area contributed by atoms with Crippen molar-refractivity contribution in [2.45, 2.75) is 32.4 Å². The van der Waals surface area contributed by atoms with Crippen LogP contribution < -0.4 is 0 Å². The molecule has 0 amide bonds. The third kappa shape index (κ3) is 9.88. The molecule has 0 aromatic heterocycles. The Morgan fingerprint density at radius 1 is 1.41 bits per heavy atom. The molecule has 1 saturated heterocycles. The van der Waals surface area contributed by atoms with Crippen molar-refractivity contribution >= 4 is 38.2 Å². The number of carboxylic acid groups (broad SMARTS) is 1. The maximum atomic E-state index is 10.1. The lowest BCUT2D eigenvalue weighted by atomic mass is 10.2. The molecule has 22 heavy (non-hydrogen) atoms. The van der Waals surface area contributed by atoms with Gasteiger partial charge in [0, 0.05) is 29.6 Å². The van der Waals surface area contributed by atoms with Crippen LogP contribution in [-0.4, -0.2) is 43.8 Å². The fourth-order valence-electron chi connectivity index (χ4n) is 2.34. The second-order valence-corrected chi connectivity index (χ2v) is 22.0. The molecule has 0 aliphatic carbocycles. The maximum Gasteiger partial charge on any atom is 0.328 e. The molecule has 6 heteroatoms. The third-order valence-electron chi connectivity index (χ3n) is 3.71. The van der Waals surface area contributed by atoms with Crippen molar-refractivity contribution in [2.24, 2.45) is 5.92 Å². The first-order valence-corrected chi connectivity index (χ1v) is 17.6. The summed E-state index contributed by atoms with van der Waals surface area (Å²) in [6.45, 7) is 5.87. The van der Waals surface area contributed by atoms with Crippen LogP contribution in [0.15, 0.2) is 36.4 Å². The van der Waals surface area contributed by atoms with Crippen molar-refractivity contribution in [1.82, 2.24) is 0 Å². The Bertz CT molecular complexity index is 443. The summed E-state index contributed by atoms with van der Waals surface area (Å²) in [5.74, 6) is 0.0230. The fraction of sp³-hybridized carbons (Fsp3) is 0.438. The van der Waals surface area contributed by atoms with E-state index < -0.39 is 5.97 Å². The van der Waals surface area contributed by atoms with Crippen molar-refractivity contribution in [3.63, 3.8) is 0 Å². The van der Waals surface area contributed by atoms with Crippen LogP contribution in [0.25, 0.3) is 6.08 Å². The van der Waals surface area contributed by atoms with Crippen LogP contribution in [0.4, 0.5) is 0 Å². The van der Waals surface area contributed by atoms with E-state index in [0.29, 0.717) is 8.55 Å². The summed E-state index contributed by atoms with van der Waals surface area (Å²) in [5.41, 5.74) is 0.898. The molecule has 0 radical (unpaired) electrons. The zero-order valence-electron chi connectivity index (χ0n) is 13.7. The Morgan fingerprint density at radius 3 is 2.68 bits per heavy atom. The summed E-state index contributed by atoms with van der Waals surface area (Å²) in [7, 11) is 0.445. The fourth-order valence-corrected chi connectivity index (χ4v) is 20.8. The molecular weight excluding hydrogens is 324 g/mol. The third-order valence-corrected chi connectivity index (χ3v) is 23.5. The largest absolute Gasteiger partial charge is 0.478 e. The number of carboxylic acids is 1. The molecule has 1 aromatic carbocycles. The molecule has 1 atom stereocenters. The Hall–Kier alpha value is -0.959. The summed E-state index contributed by atoms with van der Waals surface area (Å²) < 4.78 is 5.54. The lowest BCUT2D eigenvalue weighted by Crippen LogP contribution is -2.35. The molecule has 1 fully saturated rings. The van der Waals surface area contributed by atoms with Crippen LogP contribution in [0, 0.1) is 5.92 Å². The van der Waals surface area contributed by atoms with E-state index in [-0.39, 0.29) is 17.6 Å². The number of hydrogen-bond acceptors (Lipinski definition) is 2. The van der Waals surface area contributed by atoms with Gasteiger partial charge in [0.05, 0.1) is 0 Å².